The number of fused-ring (bicyclic) bond motifs is 3. The second-order valence-corrected chi connectivity index (χ2v) is 5.91. The molecule has 2 aromatic rings. The summed E-state index contributed by atoms with van der Waals surface area (Å²) in [6.45, 7) is 6.61. The fraction of sp³-hybridized carbons (Fsp3) is 0.400. The molecule has 1 aliphatic rings. The maximum Gasteiger partial charge on any atom is 0.256 e. The summed E-state index contributed by atoms with van der Waals surface area (Å²) in [4.78, 5) is 14.8. The van der Waals surface area contributed by atoms with Gasteiger partial charge in [-0.2, -0.15) is 0 Å². The van der Waals surface area contributed by atoms with E-state index in [1.807, 2.05) is 6.07 Å². The van der Waals surface area contributed by atoms with Crippen LogP contribution in [0.15, 0.2) is 23.1 Å². The van der Waals surface area contributed by atoms with Crippen LogP contribution in [-0.4, -0.2) is 4.98 Å². The summed E-state index contributed by atoms with van der Waals surface area (Å²) >= 11 is 0. The largest absolute Gasteiger partial charge is 0.329 e. The normalized spacial score (nSPS) is 14.5. The van der Waals surface area contributed by atoms with Crippen LogP contribution in [0.2, 0.25) is 0 Å². The van der Waals surface area contributed by atoms with Gasteiger partial charge in [-0.3, -0.25) is 4.79 Å². The van der Waals surface area contributed by atoms with Crippen molar-refractivity contribution in [2.45, 2.75) is 39.0 Å². The minimum absolute atomic E-state index is 0.0598. The van der Waals surface area contributed by atoms with Crippen molar-refractivity contribution in [2.75, 3.05) is 0 Å². The first kappa shape index (κ1) is 10.6. The summed E-state index contributed by atoms with van der Waals surface area (Å²) in [7, 11) is 0. The Balaban J connectivity index is 2.51. The zero-order chi connectivity index (χ0) is 12.2. The van der Waals surface area contributed by atoms with Crippen molar-refractivity contribution in [3.05, 3.63) is 45.4 Å². The van der Waals surface area contributed by atoms with E-state index in [2.05, 4.69) is 31.8 Å². The molecule has 1 aromatic heterocycles. The first-order chi connectivity index (χ1) is 7.98. The molecule has 1 heterocycles. The average molecular weight is 227 g/mol. The lowest BCUT2D eigenvalue weighted by Gasteiger charge is -2.28. The topological polar surface area (TPSA) is 32.9 Å². The van der Waals surface area contributed by atoms with Crippen molar-refractivity contribution in [2.24, 2.45) is 0 Å². The molecule has 3 rings (SSSR count). The maximum atomic E-state index is 12.0. The molecule has 0 unspecified atom stereocenters. The minimum atomic E-state index is 0.0598. The molecule has 88 valence electrons. The van der Waals surface area contributed by atoms with E-state index < -0.39 is 0 Å². The summed E-state index contributed by atoms with van der Waals surface area (Å²) in [5.74, 6) is 0. The van der Waals surface area contributed by atoms with Gasteiger partial charge in [-0.1, -0.05) is 26.8 Å². The fourth-order valence-corrected chi connectivity index (χ4v) is 2.71. The van der Waals surface area contributed by atoms with Gasteiger partial charge >= 0.3 is 0 Å². The predicted molar refractivity (Wildman–Crippen MR) is 70.7 cm³/mol. The standard InChI is InChI=1S/C15H17NO/c1-15(2,3)12-8-9-4-5-10(9)13-11(12)6-7-16-14(13)17/h6-8H,4-5H2,1-3H3,(H,16,17). The van der Waals surface area contributed by atoms with E-state index >= 15 is 0 Å². The van der Waals surface area contributed by atoms with Gasteiger partial charge in [0, 0.05) is 6.20 Å². The molecule has 17 heavy (non-hydrogen) atoms. The van der Waals surface area contributed by atoms with Crippen LogP contribution in [0.1, 0.15) is 37.5 Å². The molecule has 2 nitrogen and oxygen atoms in total. The summed E-state index contributed by atoms with van der Waals surface area (Å²) in [5, 5.41) is 2.04. The molecular formula is C15H17NO. The molecule has 2 heteroatoms. The molecule has 0 aliphatic heterocycles. The number of benzene rings is 1. The molecule has 1 N–H and O–H groups in total. The molecule has 0 fully saturated rings. The number of aromatic amines is 1. The Morgan fingerprint density at radius 1 is 1.24 bits per heavy atom. The Labute approximate surface area is 101 Å². The summed E-state index contributed by atoms with van der Waals surface area (Å²) in [6, 6.07) is 4.33. The third-order valence-corrected chi connectivity index (χ3v) is 3.71. The monoisotopic (exact) mass is 227 g/mol. The van der Waals surface area contributed by atoms with E-state index in [1.165, 1.54) is 16.7 Å². The van der Waals surface area contributed by atoms with Crippen LogP contribution < -0.4 is 5.56 Å². The van der Waals surface area contributed by atoms with Gasteiger partial charge in [-0.25, -0.2) is 0 Å². The first-order valence-corrected chi connectivity index (χ1v) is 6.15. The molecule has 0 amide bonds. The van der Waals surface area contributed by atoms with Gasteiger partial charge in [0.25, 0.3) is 5.56 Å². The third-order valence-electron chi connectivity index (χ3n) is 3.71. The van der Waals surface area contributed by atoms with Crippen LogP contribution in [0, 0.1) is 0 Å². The van der Waals surface area contributed by atoms with E-state index in [0.29, 0.717) is 0 Å². The number of H-pyrrole nitrogens is 1. The maximum absolute atomic E-state index is 12.0. The van der Waals surface area contributed by atoms with Crippen molar-refractivity contribution in [1.82, 2.24) is 4.98 Å². The quantitative estimate of drug-likeness (QED) is 0.737. The molecule has 0 saturated heterocycles. The zero-order valence-electron chi connectivity index (χ0n) is 10.6. The Bertz CT molecular complexity index is 659. The molecule has 0 bridgehead atoms. The van der Waals surface area contributed by atoms with Gasteiger partial charge in [0.1, 0.15) is 0 Å². The lowest BCUT2D eigenvalue weighted by Crippen LogP contribution is -2.21. The SMILES string of the molecule is CC(C)(C)c1cc2c(c3c(=O)[nH]ccc13)CC2. The van der Waals surface area contributed by atoms with Crippen molar-refractivity contribution in [1.29, 1.82) is 0 Å². The van der Waals surface area contributed by atoms with Crippen LogP contribution in [0.5, 0.6) is 0 Å². The Morgan fingerprint density at radius 3 is 2.59 bits per heavy atom. The van der Waals surface area contributed by atoms with E-state index in [9.17, 15) is 4.79 Å². The number of aryl methyl sites for hydroxylation is 2. The number of hydrogen-bond acceptors (Lipinski definition) is 1. The highest BCUT2D eigenvalue weighted by Crippen LogP contribution is 2.36. The summed E-state index contributed by atoms with van der Waals surface area (Å²) in [6.07, 6.45) is 3.91. The molecule has 0 atom stereocenters. The van der Waals surface area contributed by atoms with Crippen LogP contribution in [0.25, 0.3) is 10.8 Å². The number of pyridine rings is 1. The number of aromatic nitrogens is 1. The zero-order valence-corrected chi connectivity index (χ0v) is 10.6. The molecule has 0 spiro atoms. The fourth-order valence-electron chi connectivity index (χ4n) is 2.71. The molecule has 0 radical (unpaired) electrons. The summed E-state index contributed by atoms with van der Waals surface area (Å²) in [5.41, 5.74) is 4.05. The van der Waals surface area contributed by atoms with Gasteiger partial charge in [0.05, 0.1) is 5.39 Å². The molecule has 1 aromatic carbocycles. The van der Waals surface area contributed by atoms with Crippen LogP contribution in [0.4, 0.5) is 0 Å². The van der Waals surface area contributed by atoms with Crippen molar-refractivity contribution in [3.8, 4) is 0 Å². The van der Waals surface area contributed by atoms with Gasteiger partial charge in [0.15, 0.2) is 0 Å². The Kier molecular flexibility index (Phi) is 2.00. The summed E-state index contributed by atoms with van der Waals surface area (Å²) < 4.78 is 0. The third kappa shape index (κ3) is 1.43. The Morgan fingerprint density at radius 2 is 2.00 bits per heavy atom. The number of nitrogens with one attached hydrogen (secondary N) is 1. The average Bonchev–Trinajstić information content (AvgIpc) is 2.18. The highest BCUT2D eigenvalue weighted by atomic mass is 16.1. The van der Waals surface area contributed by atoms with Gasteiger partial charge < -0.3 is 4.98 Å². The van der Waals surface area contributed by atoms with Gasteiger partial charge in [0.2, 0.25) is 0 Å². The molecular weight excluding hydrogens is 210 g/mol. The second-order valence-electron chi connectivity index (χ2n) is 5.91. The van der Waals surface area contributed by atoms with Gasteiger partial charge in [-0.15, -0.1) is 0 Å². The number of hydrogen-bond donors (Lipinski definition) is 1. The van der Waals surface area contributed by atoms with Gasteiger partial charge in [-0.05, 0) is 46.4 Å². The van der Waals surface area contributed by atoms with Crippen molar-refractivity contribution in [3.63, 3.8) is 0 Å². The van der Waals surface area contributed by atoms with E-state index in [0.717, 1.165) is 23.6 Å². The first-order valence-electron chi connectivity index (χ1n) is 6.15. The van der Waals surface area contributed by atoms with Crippen molar-refractivity contribution >= 4 is 10.8 Å². The lowest BCUT2D eigenvalue weighted by molar-refractivity contribution is 0.593. The molecule has 1 aliphatic carbocycles. The predicted octanol–water partition coefficient (Wildman–Crippen LogP) is 2.92. The van der Waals surface area contributed by atoms with E-state index in [-0.39, 0.29) is 11.0 Å². The smallest absolute Gasteiger partial charge is 0.256 e. The second kappa shape index (κ2) is 3.22. The van der Waals surface area contributed by atoms with E-state index in [4.69, 9.17) is 0 Å². The van der Waals surface area contributed by atoms with Crippen LogP contribution in [-0.2, 0) is 18.3 Å². The lowest BCUT2D eigenvalue weighted by atomic mass is 9.76. The van der Waals surface area contributed by atoms with Crippen LogP contribution >= 0.6 is 0 Å². The van der Waals surface area contributed by atoms with Crippen molar-refractivity contribution < 1.29 is 0 Å². The Hall–Kier alpha value is -1.57. The minimum Gasteiger partial charge on any atom is -0.329 e. The van der Waals surface area contributed by atoms with Crippen LogP contribution in [0.3, 0.4) is 0 Å². The highest BCUT2D eigenvalue weighted by molar-refractivity contribution is 5.90. The highest BCUT2D eigenvalue weighted by Gasteiger charge is 2.25. The molecule has 0 saturated carbocycles. The number of rotatable bonds is 0. The van der Waals surface area contributed by atoms with E-state index in [1.54, 1.807) is 6.20 Å².